The van der Waals surface area contributed by atoms with E-state index in [1.807, 2.05) is 30.3 Å². The smallest absolute Gasteiger partial charge is 0.260 e. The van der Waals surface area contributed by atoms with Gasteiger partial charge >= 0.3 is 0 Å². The van der Waals surface area contributed by atoms with Crippen molar-refractivity contribution in [3.05, 3.63) is 53.1 Å². The summed E-state index contributed by atoms with van der Waals surface area (Å²) in [7, 11) is 1.59. The molecule has 1 aromatic heterocycles. The van der Waals surface area contributed by atoms with Crippen molar-refractivity contribution in [3.63, 3.8) is 0 Å². The Balaban J connectivity index is 0.00000300. The number of halogens is 2. The molecule has 156 valence electrons. The van der Waals surface area contributed by atoms with Crippen LogP contribution in [-0.2, 0) is 0 Å². The van der Waals surface area contributed by atoms with Gasteiger partial charge in [0, 0.05) is 18.7 Å². The minimum atomic E-state index is -0.0961. The van der Waals surface area contributed by atoms with Crippen molar-refractivity contribution < 1.29 is 9.53 Å². The largest absolute Gasteiger partial charge is 0.497 e. The summed E-state index contributed by atoms with van der Waals surface area (Å²) in [5, 5.41) is 1.25. The maximum Gasteiger partial charge on any atom is 0.260 e. The average Bonchev–Trinajstić information content (AvgIpc) is 3.16. The molecule has 0 aliphatic heterocycles. The van der Waals surface area contributed by atoms with Crippen LogP contribution in [0.1, 0.15) is 24.2 Å². The quantitative estimate of drug-likeness (QED) is 0.459. The van der Waals surface area contributed by atoms with Gasteiger partial charge < -0.3 is 9.64 Å². The molecule has 5 nitrogen and oxygen atoms in total. The van der Waals surface area contributed by atoms with E-state index in [2.05, 4.69) is 23.7 Å². The first-order chi connectivity index (χ1) is 13.6. The van der Waals surface area contributed by atoms with Crippen molar-refractivity contribution >= 4 is 56.6 Å². The Kier molecular flexibility index (Phi) is 8.71. The highest BCUT2D eigenvalue weighted by Crippen LogP contribution is 2.33. The van der Waals surface area contributed by atoms with Gasteiger partial charge in [-0.15, -0.1) is 12.4 Å². The number of carbonyl (C=O) groups is 1. The van der Waals surface area contributed by atoms with E-state index in [-0.39, 0.29) is 18.3 Å². The van der Waals surface area contributed by atoms with Crippen LogP contribution in [0.5, 0.6) is 5.75 Å². The van der Waals surface area contributed by atoms with Crippen LogP contribution >= 0.6 is 35.3 Å². The number of thiazole rings is 1. The van der Waals surface area contributed by atoms with Crippen LogP contribution in [-0.4, -0.2) is 49.1 Å². The topological polar surface area (TPSA) is 45.7 Å². The number of carbonyl (C=O) groups excluding carboxylic acids is 1. The molecule has 1 heterocycles. The highest BCUT2D eigenvalue weighted by molar-refractivity contribution is 7.22. The zero-order valence-corrected chi connectivity index (χ0v) is 19.1. The Morgan fingerprint density at radius 3 is 2.52 bits per heavy atom. The molecule has 29 heavy (non-hydrogen) atoms. The zero-order valence-electron chi connectivity index (χ0n) is 16.7. The number of nitrogens with zero attached hydrogens (tertiary/aromatic N) is 3. The molecule has 0 atom stereocenters. The standard InChI is InChI=1S/C21H24ClN3O2S.ClH/c1-4-24(5-2)12-13-25(20(26)15-8-6-9-16(14-15)27-3)21-23-19-17(22)10-7-11-18(19)28-21;/h6-11,14H,4-5,12-13H2,1-3H3;1H. The summed E-state index contributed by atoms with van der Waals surface area (Å²) in [5.74, 6) is 0.558. The molecule has 0 N–H and O–H groups in total. The second-order valence-electron chi connectivity index (χ2n) is 6.30. The Morgan fingerprint density at radius 2 is 1.86 bits per heavy atom. The van der Waals surface area contributed by atoms with Gasteiger partial charge in [-0.2, -0.15) is 0 Å². The first-order valence-corrected chi connectivity index (χ1v) is 10.5. The number of para-hydroxylation sites is 1. The summed E-state index contributed by atoms with van der Waals surface area (Å²) in [6.07, 6.45) is 0. The predicted molar refractivity (Wildman–Crippen MR) is 124 cm³/mol. The second-order valence-corrected chi connectivity index (χ2v) is 7.71. The molecule has 0 aliphatic rings. The third-order valence-corrected chi connectivity index (χ3v) is 6.03. The highest BCUT2D eigenvalue weighted by Gasteiger charge is 2.22. The van der Waals surface area contributed by atoms with Crippen LogP contribution in [0.25, 0.3) is 10.2 Å². The minimum absolute atomic E-state index is 0. The monoisotopic (exact) mass is 453 g/mol. The summed E-state index contributed by atoms with van der Waals surface area (Å²) in [6.45, 7) is 7.43. The SMILES string of the molecule is CCN(CC)CCN(C(=O)c1cccc(OC)c1)c1nc2c(Cl)cccc2s1.Cl. The van der Waals surface area contributed by atoms with E-state index in [9.17, 15) is 4.79 Å². The van der Waals surface area contributed by atoms with Crippen LogP contribution in [0.15, 0.2) is 42.5 Å². The number of ether oxygens (including phenoxy) is 1. The zero-order chi connectivity index (χ0) is 20.1. The van der Waals surface area contributed by atoms with Gasteiger partial charge in [0.1, 0.15) is 11.3 Å². The van der Waals surface area contributed by atoms with Crippen LogP contribution in [0.3, 0.4) is 0 Å². The summed E-state index contributed by atoms with van der Waals surface area (Å²) >= 11 is 7.78. The fourth-order valence-electron chi connectivity index (χ4n) is 3.00. The fraction of sp³-hybridized carbons (Fsp3) is 0.333. The van der Waals surface area contributed by atoms with Crippen LogP contribution in [0, 0.1) is 0 Å². The van der Waals surface area contributed by atoms with Gasteiger partial charge in [-0.3, -0.25) is 9.69 Å². The van der Waals surface area contributed by atoms with Gasteiger partial charge in [0.05, 0.1) is 16.8 Å². The van der Waals surface area contributed by atoms with E-state index >= 15 is 0 Å². The molecular weight excluding hydrogens is 429 g/mol. The van der Waals surface area contributed by atoms with Gasteiger partial charge in [0.25, 0.3) is 5.91 Å². The van der Waals surface area contributed by atoms with Crippen molar-refractivity contribution in [2.75, 3.05) is 38.2 Å². The Labute approximate surface area is 186 Å². The van der Waals surface area contributed by atoms with Gasteiger partial charge in [-0.25, -0.2) is 4.98 Å². The number of hydrogen-bond donors (Lipinski definition) is 0. The number of rotatable bonds is 8. The number of methoxy groups -OCH3 is 1. The van der Waals surface area contributed by atoms with Crippen molar-refractivity contribution in [2.45, 2.75) is 13.8 Å². The van der Waals surface area contributed by atoms with E-state index in [1.54, 1.807) is 24.1 Å². The Bertz CT molecular complexity index is 960. The van der Waals surface area contributed by atoms with Gasteiger partial charge in [0.2, 0.25) is 0 Å². The minimum Gasteiger partial charge on any atom is -0.497 e. The number of likely N-dealkylation sites (N-methyl/N-ethyl adjacent to an activating group) is 1. The maximum atomic E-state index is 13.3. The molecule has 1 amide bonds. The van der Waals surface area contributed by atoms with Crippen molar-refractivity contribution in [1.82, 2.24) is 9.88 Å². The Morgan fingerprint density at radius 1 is 1.14 bits per heavy atom. The van der Waals surface area contributed by atoms with E-state index in [4.69, 9.17) is 16.3 Å². The van der Waals surface area contributed by atoms with Gasteiger partial charge in [-0.1, -0.05) is 48.9 Å². The maximum absolute atomic E-state index is 13.3. The van der Waals surface area contributed by atoms with Gasteiger partial charge in [-0.05, 0) is 43.4 Å². The molecule has 3 rings (SSSR count). The lowest BCUT2D eigenvalue weighted by Crippen LogP contribution is -2.38. The molecular formula is C21H25Cl2N3O2S. The number of hydrogen-bond acceptors (Lipinski definition) is 5. The Hall–Kier alpha value is -1.86. The molecule has 0 spiro atoms. The van der Waals surface area contributed by atoms with E-state index in [1.165, 1.54) is 11.3 Å². The van der Waals surface area contributed by atoms with Crippen molar-refractivity contribution in [1.29, 1.82) is 0 Å². The second kappa shape index (κ2) is 10.8. The molecule has 0 saturated heterocycles. The summed E-state index contributed by atoms with van der Waals surface area (Å²) in [5.41, 5.74) is 1.31. The van der Waals surface area contributed by atoms with E-state index < -0.39 is 0 Å². The number of aromatic nitrogens is 1. The lowest BCUT2D eigenvalue weighted by Gasteiger charge is -2.24. The van der Waals surface area contributed by atoms with Crippen molar-refractivity contribution in [3.8, 4) is 5.75 Å². The van der Waals surface area contributed by atoms with E-state index in [0.29, 0.717) is 28.0 Å². The third kappa shape index (κ3) is 5.39. The highest BCUT2D eigenvalue weighted by atomic mass is 35.5. The van der Waals surface area contributed by atoms with Crippen LogP contribution in [0.4, 0.5) is 5.13 Å². The number of fused-ring (bicyclic) bond motifs is 1. The average molecular weight is 454 g/mol. The van der Waals surface area contributed by atoms with Crippen LogP contribution < -0.4 is 9.64 Å². The summed E-state index contributed by atoms with van der Waals surface area (Å²) < 4.78 is 6.24. The predicted octanol–water partition coefficient (Wildman–Crippen LogP) is 5.37. The first-order valence-electron chi connectivity index (χ1n) is 9.30. The number of amides is 1. The van der Waals surface area contributed by atoms with Crippen molar-refractivity contribution in [2.24, 2.45) is 0 Å². The molecule has 0 aliphatic carbocycles. The summed E-state index contributed by atoms with van der Waals surface area (Å²) in [6, 6.07) is 12.9. The molecule has 0 radical (unpaired) electrons. The molecule has 0 unspecified atom stereocenters. The first kappa shape index (κ1) is 23.4. The lowest BCUT2D eigenvalue weighted by atomic mass is 10.2. The molecule has 8 heteroatoms. The lowest BCUT2D eigenvalue weighted by molar-refractivity contribution is 0.0983. The molecule has 0 bridgehead atoms. The normalized spacial score (nSPS) is 10.8. The molecule has 2 aromatic carbocycles. The number of benzene rings is 2. The van der Waals surface area contributed by atoms with Crippen LogP contribution in [0.2, 0.25) is 5.02 Å². The molecule has 3 aromatic rings. The third-order valence-electron chi connectivity index (χ3n) is 4.69. The summed E-state index contributed by atoms with van der Waals surface area (Å²) in [4.78, 5) is 22.1. The van der Waals surface area contributed by atoms with Gasteiger partial charge in [0.15, 0.2) is 5.13 Å². The molecule has 0 fully saturated rings. The fourth-order valence-corrected chi connectivity index (χ4v) is 4.29. The van der Waals surface area contributed by atoms with E-state index in [0.717, 1.165) is 29.9 Å². The number of anilines is 1. The molecule has 0 saturated carbocycles.